The molecule has 0 aliphatic carbocycles. The molecule has 41 heavy (non-hydrogen) atoms. The SMILES string of the molecule is CCC(C)(C)CCC(C)(C)Cn1c(=O)c2ccc3c4ccccc4sc4c(C#Cc5ccc(N)s5)cc(c1=O)c2c43. The van der Waals surface area contributed by atoms with Gasteiger partial charge in [-0.15, -0.1) is 22.7 Å². The van der Waals surface area contributed by atoms with Crippen LogP contribution in [0, 0.1) is 22.7 Å². The summed E-state index contributed by atoms with van der Waals surface area (Å²) in [5.74, 6) is 6.63. The van der Waals surface area contributed by atoms with Crippen molar-refractivity contribution in [2.75, 3.05) is 5.73 Å². The van der Waals surface area contributed by atoms with Crippen molar-refractivity contribution in [3.05, 3.63) is 85.7 Å². The Morgan fingerprint density at radius 1 is 0.780 bits per heavy atom. The Kier molecular flexibility index (Phi) is 6.71. The summed E-state index contributed by atoms with van der Waals surface area (Å²) in [7, 11) is 0. The van der Waals surface area contributed by atoms with Crippen molar-refractivity contribution in [1.82, 2.24) is 4.57 Å². The largest absolute Gasteiger partial charge is 0.391 e. The number of nitrogens with zero attached hydrogens (tertiary/aromatic N) is 1. The van der Waals surface area contributed by atoms with Gasteiger partial charge in [-0.05, 0) is 64.8 Å². The second kappa shape index (κ2) is 10.0. The molecule has 3 aromatic heterocycles. The van der Waals surface area contributed by atoms with Crippen LogP contribution in [-0.4, -0.2) is 4.57 Å². The Morgan fingerprint density at radius 2 is 1.49 bits per heavy atom. The Bertz CT molecular complexity index is 2130. The topological polar surface area (TPSA) is 65.1 Å². The summed E-state index contributed by atoms with van der Waals surface area (Å²) in [6.07, 6.45) is 3.06. The summed E-state index contributed by atoms with van der Waals surface area (Å²) in [6.45, 7) is 11.5. The Hall–Kier alpha value is -3.66. The zero-order chi connectivity index (χ0) is 29.1. The van der Waals surface area contributed by atoms with E-state index in [0.29, 0.717) is 22.3 Å². The van der Waals surface area contributed by atoms with Gasteiger partial charge in [-0.3, -0.25) is 14.2 Å². The summed E-state index contributed by atoms with van der Waals surface area (Å²) in [5.41, 5.74) is 6.31. The number of nitrogen functional groups attached to an aromatic ring is 1. The van der Waals surface area contributed by atoms with Crippen molar-refractivity contribution in [1.29, 1.82) is 0 Å². The van der Waals surface area contributed by atoms with Crippen LogP contribution in [0.5, 0.6) is 0 Å². The Morgan fingerprint density at radius 3 is 2.22 bits per heavy atom. The summed E-state index contributed by atoms with van der Waals surface area (Å²) in [5, 5.41) is 5.71. The molecule has 3 aromatic carbocycles. The number of thiophene rings is 1. The Balaban J connectivity index is 1.62. The number of hydrogen-bond donors (Lipinski definition) is 1. The van der Waals surface area contributed by atoms with E-state index >= 15 is 0 Å². The van der Waals surface area contributed by atoms with Crippen LogP contribution in [0.3, 0.4) is 0 Å². The average molecular weight is 579 g/mol. The predicted molar refractivity (Wildman–Crippen MR) is 178 cm³/mol. The number of hydrogen-bond acceptors (Lipinski definition) is 5. The first kappa shape index (κ1) is 27.5. The standard InChI is InChI=1S/C35H34N2O2S2/c1-6-34(2,3)17-18-35(4,5)20-37-32(38)25-15-14-24-23-9-7-8-10-27(23)41-31-21(11-12-22-13-16-28(36)40-22)19-26(33(37)39)29(25)30(24)31/h7-10,13-16,19H,6,17-18,20,36H2,1-5H3. The Labute approximate surface area is 247 Å². The molecule has 0 unspecified atom stereocenters. The second-order valence-corrected chi connectivity index (χ2v) is 14.8. The third kappa shape index (κ3) is 4.92. The third-order valence-electron chi connectivity index (χ3n) is 8.54. The molecular weight excluding hydrogens is 545 g/mol. The fourth-order valence-electron chi connectivity index (χ4n) is 5.63. The maximum absolute atomic E-state index is 14.2. The number of benzene rings is 3. The average Bonchev–Trinajstić information content (AvgIpc) is 3.38. The van der Waals surface area contributed by atoms with Crippen molar-refractivity contribution < 1.29 is 0 Å². The smallest absolute Gasteiger partial charge is 0.261 e. The lowest BCUT2D eigenvalue weighted by Crippen LogP contribution is -2.38. The van der Waals surface area contributed by atoms with Gasteiger partial charge in [-0.25, -0.2) is 0 Å². The molecule has 0 spiro atoms. The van der Waals surface area contributed by atoms with Gasteiger partial charge in [0.1, 0.15) is 0 Å². The van der Waals surface area contributed by atoms with Crippen molar-refractivity contribution >= 4 is 69.4 Å². The quantitative estimate of drug-likeness (QED) is 0.122. The normalized spacial score (nSPS) is 12.5. The van der Waals surface area contributed by atoms with Crippen LogP contribution in [0.4, 0.5) is 5.00 Å². The van der Waals surface area contributed by atoms with E-state index in [9.17, 15) is 9.59 Å². The molecule has 0 bridgehead atoms. The molecule has 3 heterocycles. The van der Waals surface area contributed by atoms with Gasteiger partial charge < -0.3 is 5.73 Å². The maximum Gasteiger partial charge on any atom is 0.261 e. The van der Waals surface area contributed by atoms with Gasteiger partial charge in [0, 0.05) is 38.4 Å². The number of anilines is 1. The molecule has 2 N–H and O–H groups in total. The van der Waals surface area contributed by atoms with Gasteiger partial charge in [0.05, 0.1) is 14.6 Å². The molecule has 4 nitrogen and oxygen atoms in total. The lowest BCUT2D eigenvalue weighted by atomic mass is 9.77. The summed E-state index contributed by atoms with van der Waals surface area (Å²) >= 11 is 3.10. The minimum Gasteiger partial charge on any atom is -0.391 e. The monoisotopic (exact) mass is 578 g/mol. The molecule has 0 saturated carbocycles. The molecule has 208 valence electrons. The number of rotatable bonds is 6. The fraction of sp³-hybridized carbons (Fsp3) is 0.314. The van der Waals surface area contributed by atoms with E-state index in [1.54, 1.807) is 11.3 Å². The lowest BCUT2D eigenvalue weighted by molar-refractivity contribution is 0.208. The maximum atomic E-state index is 14.2. The first-order chi connectivity index (χ1) is 19.5. The second-order valence-electron chi connectivity index (χ2n) is 12.6. The highest BCUT2D eigenvalue weighted by atomic mass is 32.1. The minimum atomic E-state index is -0.235. The van der Waals surface area contributed by atoms with E-state index in [1.807, 2.05) is 42.5 Å². The van der Waals surface area contributed by atoms with Crippen LogP contribution in [0.15, 0.2) is 64.2 Å². The molecular formula is C35H34N2O2S2. The predicted octanol–water partition coefficient (Wildman–Crippen LogP) is 8.61. The molecule has 6 aromatic rings. The highest BCUT2D eigenvalue weighted by Gasteiger charge is 2.27. The summed E-state index contributed by atoms with van der Waals surface area (Å²) in [4.78, 5) is 29.0. The number of pyridine rings is 1. The molecule has 0 amide bonds. The number of nitrogens with two attached hydrogens (primary N) is 1. The van der Waals surface area contributed by atoms with Gasteiger partial charge in [0.2, 0.25) is 0 Å². The molecule has 0 fully saturated rings. The first-order valence-electron chi connectivity index (χ1n) is 14.1. The number of fused-ring (bicyclic) bond motifs is 2. The third-order valence-corrected chi connectivity index (χ3v) is 10.6. The van der Waals surface area contributed by atoms with E-state index in [1.165, 1.54) is 15.9 Å². The molecule has 0 aliphatic rings. The van der Waals surface area contributed by atoms with Crippen molar-refractivity contribution in [2.24, 2.45) is 10.8 Å². The zero-order valence-corrected chi connectivity index (χ0v) is 25.8. The summed E-state index contributed by atoms with van der Waals surface area (Å²) < 4.78 is 3.60. The van der Waals surface area contributed by atoms with Crippen molar-refractivity contribution in [3.8, 4) is 11.8 Å². The van der Waals surface area contributed by atoms with Crippen LogP contribution in [-0.2, 0) is 6.54 Å². The van der Waals surface area contributed by atoms with Gasteiger partial charge in [0.15, 0.2) is 0 Å². The highest BCUT2D eigenvalue weighted by molar-refractivity contribution is 7.25. The van der Waals surface area contributed by atoms with Gasteiger partial charge in [-0.2, -0.15) is 0 Å². The van der Waals surface area contributed by atoms with Gasteiger partial charge in [-0.1, -0.05) is 77.1 Å². The van der Waals surface area contributed by atoms with E-state index in [4.69, 9.17) is 5.73 Å². The fourth-order valence-corrected chi connectivity index (χ4v) is 7.45. The molecule has 6 rings (SSSR count). The van der Waals surface area contributed by atoms with Crippen LogP contribution in [0.2, 0.25) is 0 Å². The van der Waals surface area contributed by atoms with Crippen molar-refractivity contribution in [2.45, 2.75) is 60.4 Å². The molecule has 0 radical (unpaired) electrons. The first-order valence-corrected chi connectivity index (χ1v) is 15.8. The van der Waals surface area contributed by atoms with Crippen molar-refractivity contribution in [3.63, 3.8) is 0 Å². The van der Waals surface area contributed by atoms with E-state index in [2.05, 4.69) is 58.6 Å². The molecule has 6 heteroatoms. The van der Waals surface area contributed by atoms with Crippen LogP contribution < -0.4 is 16.9 Å². The van der Waals surface area contributed by atoms with E-state index in [0.717, 1.165) is 60.6 Å². The minimum absolute atomic E-state index is 0.209. The van der Waals surface area contributed by atoms with Crippen LogP contribution >= 0.6 is 22.7 Å². The van der Waals surface area contributed by atoms with E-state index < -0.39 is 0 Å². The van der Waals surface area contributed by atoms with E-state index in [-0.39, 0.29) is 21.9 Å². The van der Waals surface area contributed by atoms with Gasteiger partial charge >= 0.3 is 0 Å². The molecule has 0 aliphatic heterocycles. The van der Waals surface area contributed by atoms with Crippen LogP contribution in [0.25, 0.3) is 41.7 Å². The summed E-state index contributed by atoms with van der Waals surface area (Å²) in [6, 6.07) is 17.9. The zero-order valence-electron chi connectivity index (χ0n) is 24.2. The number of aromatic nitrogens is 1. The molecule has 0 saturated heterocycles. The molecule has 0 atom stereocenters. The lowest BCUT2D eigenvalue weighted by Gasteiger charge is -2.31. The van der Waals surface area contributed by atoms with Crippen LogP contribution in [0.1, 0.15) is 64.3 Å². The highest BCUT2D eigenvalue weighted by Crippen LogP contribution is 2.41. The van der Waals surface area contributed by atoms with Gasteiger partial charge in [0.25, 0.3) is 11.1 Å².